The maximum absolute atomic E-state index is 12.3. The van der Waals surface area contributed by atoms with Crippen LogP contribution in [-0.4, -0.2) is 38.9 Å². The number of sulfonamides is 1. The molecule has 0 spiro atoms. The highest BCUT2D eigenvalue weighted by Crippen LogP contribution is 2.20. The van der Waals surface area contributed by atoms with Gasteiger partial charge >= 0.3 is 0 Å². The van der Waals surface area contributed by atoms with Gasteiger partial charge in [-0.1, -0.05) is 11.6 Å². The van der Waals surface area contributed by atoms with E-state index in [1.54, 1.807) is 19.2 Å². The molecule has 0 saturated carbocycles. The molecule has 1 aromatic carbocycles. The summed E-state index contributed by atoms with van der Waals surface area (Å²) in [7, 11) is -1.78. The van der Waals surface area contributed by atoms with Gasteiger partial charge in [-0.15, -0.1) is 12.4 Å². The van der Waals surface area contributed by atoms with Crippen LogP contribution in [0.1, 0.15) is 6.42 Å². The average Bonchev–Trinajstić information content (AvgIpc) is 2.82. The first kappa shape index (κ1) is 15.7. The van der Waals surface area contributed by atoms with Gasteiger partial charge < -0.3 is 5.32 Å². The number of nitrogens with zero attached hydrogens (tertiary/aromatic N) is 1. The molecule has 102 valence electrons. The van der Waals surface area contributed by atoms with Gasteiger partial charge in [0.05, 0.1) is 4.90 Å². The molecule has 0 aliphatic carbocycles. The molecular formula is C11H16Cl2N2O2S. The van der Waals surface area contributed by atoms with Gasteiger partial charge in [0.1, 0.15) is 0 Å². The van der Waals surface area contributed by atoms with E-state index in [9.17, 15) is 8.42 Å². The molecule has 1 heterocycles. The Morgan fingerprint density at radius 1 is 1.33 bits per heavy atom. The minimum atomic E-state index is -3.40. The molecule has 1 atom stereocenters. The van der Waals surface area contributed by atoms with Crippen molar-refractivity contribution in [3.05, 3.63) is 29.3 Å². The SMILES string of the molecule is CN(C1CCNC1)S(=O)(=O)c1ccc(Cl)cc1.Cl. The fourth-order valence-corrected chi connectivity index (χ4v) is 3.43. The van der Waals surface area contributed by atoms with Crippen molar-refractivity contribution in [1.29, 1.82) is 0 Å². The molecule has 1 aliphatic heterocycles. The summed E-state index contributed by atoms with van der Waals surface area (Å²) < 4.78 is 26.0. The molecule has 1 aliphatic rings. The molecule has 1 unspecified atom stereocenters. The largest absolute Gasteiger partial charge is 0.315 e. The zero-order valence-corrected chi connectivity index (χ0v) is 12.4. The Morgan fingerprint density at radius 2 is 1.94 bits per heavy atom. The van der Waals surface area contributed by atoms with Crippen LogP contribution in [0.3, 0.4) is 0 Å². The molecule has 1 fully saturated rings. The number of hydrogen-bond donors (Lipinski definition) is 1. The Kier molecular flexibility index (Phi) is 5.43. The number of hydrogen-bond acceptors (Lipinski definition) is 3. The van der Waals surface area contributed by atoms with E-state index >= 15 is 0 Å². The Morgan fingerprint density at radius 3 is 2.44 bits per heavy atom. The number of likely N-dealkylation sites (N-methyl/N-ethyl adjacent to an activating group) is 1. The first-order valence-corrected chi connectivity index (χ1v) is 7.28. The van der Waals surface area contributed by atoms with Crippen molar-refractivity contribution in [2.24, 2.45) is 0 Å². The quantitative estimate of drug-likeness (QED) is 0.925. The maximum atomic E-state index is 12.3. The smallest absolute Gasteiger partial charge is 0.243 e. The van der Waals surface area contributed by atoms with Gasteiger partial charge in [0.15, 0.2) is 0 Å². The van der Waals surface area contributed by atoms with Crippen molar-refractivity contribution < 1.29 is 8.42 Å². The van der Waals surface area contributed by atoms with Crippen LogP contribution >= 0.6 is 24.0 Å². The molecule has 4 nitrogen and oxygen atoms in total. The highest BCUT2D eigenvalue weighted by molar-refractivity contribution is 7.89. The van der Waals surface area contributed by atoms with E-state index in [0.29, 0.717) is 11.6 Å². The predicted molar refractivity (Wildman–Crippen MR) is 74.9 cm³/mol. The number of rotatable bonds is 3. The van der Waals surface area contributed by atoms with E-state index in [2.05, 4.69) is 5.32 Å². The maximum Gasteiger partial charge on any atom is 0.243 e. The molecule has 0 aromatic heterocycles. The van der Waals surface area contributed by atoms with Crippen LogP contribution in [0.15, 0.2) is 29.2 Å². The van der Waals surface area contributed by atoms with Gasteiger partial charge in [0.25, 0.3) is 0 Å². The minimum absolute atomic E-state index is 0. The second-order valence-electron chi connectivity index (χ2n) is 4.12. The zero-order valence-electron chi connectivity index (χ0n) is 9.97. The Hall–Kier alpha value is -0.330. The Labute approximate surface area is 119 Å². The number of nitrogens with one attached hydrogen (secondary N) is 1. The molecule has 1 saturated heterocycles. The lowest BCUT2D eigenvalue weighted by molar-refractivity contribution is 0.388. The van der Waals surface area contributed by atoms with Crippen LogP contribution in [0.2, 0.25) is 5.02 Å². The fourth-order valence-electron chi connectivity index (χ4n) is 1.92. The van der Waals surface area contributed by atoms with Crippen molar-refractivity contribution in [3.63, 3.8) is 0 Å². The van der Waals surface area contributed by atoms with E-state index in [4.69, 9.17) is 11.6 Å². The standard InChI is InChI=1S/C11H15ClN2O2S.ClH/c1-14(10-6-7-13-8-10)17(15,16)11-4-2-9(12)3-5-11;/h2-5,10,13H,6-8H2,1H3;1H. The van der Waals surface area contributed by atoms with Crippen LogP contribution in [0.25, 0.3) is 0 Å². The summed E-state index contributed by atoms with van der Waals surface area (Å²) in [4.78, 5) is 0.288. The van der Waals surface area contributed by atoms with E-state index in [1.165, 1.54) is 16.4 Å². The highest BCUT2D eigenvalue weighted by atomic mass is 35.5. The molecule has 0 radical (unpaired) electrons. The van der Waals surface area contributed by atoms with Crippen molar-refractivity contribution in [2.45, 2.75) is 17.4 Å². The predicted octanol–water partition coefficient (Wildman–Crippen LogP) is 1.74. The van der Waals surface area contributed by atoms with Crippen molar-refractivity contribution >= 4 is 34.0 Å². The monoisotopic (exact) mass is 310 g/mol. The second kappa shape index (κ2) is 6.21. The normalized spacial score (nSPS) is 19.8. The summed E-state index contributed by atoms with van der Waals surface area (Å²) in [5.41, 5.74) is 0. The Balaban J connectivity index is 0.00000162. The lowest BCUT2D eigenvalue weighted by atomic mass is 10.3. The number of benzene rings is 1. The van der Waals surface area contributed by atoms with Gasteiger partial charge in [-0.25, -0.2) is 8.42 Å². The number of halogens is 2. The van der Waals surface area contributed by atoms with Crippen molar-refractivity contribution in [3.8, 4) is 0 Å². The highest BCUT2D eigenvalue weighted by Gasteiger charge is 2.29. The third kappa shape index (κ3) is 3.16. The molecule has 18 heavy (non-hydrogen) atoms. The lowest BCUT2D eigenvalue weighted by Gasteiger charge is -2.23. The minimum Gasteiger partial charge on any atom is -0.315 e. The summed E-state index contributed by atoms with van der Waals surface area (Å²) in [6.45, 7) is 1.58. The van der Waals surface area contributed by atoms with Crippen LogP contribution in [0.5, 0.6) is 0 Å². The molecule has 0 bridgehead atoms. The topological polar surface area (TPSA) is 49.4 Å². The van der Waals surface area contributed by atoms with Gasteiger partial charge in [0.2, 0.25) is 10.0 Å². The molecule has 1 N–H and O–H groups in total. The van der Waals surface area contributed by atoms with E-state index in [0.717, 1.165) is 13.0 Å². The van der Waals surface area contributed by atoms with Crippen LogP contribution in [0, 0.1) is 0 Å². The van der Waals surface area contributed by atoms with Crippen molar-refractivity contribution in [2.75, 3.05) is 20.1 Å². The lowest BCUT2D eigenvalue weighted by Crippen LogP contribution is -2.38. The summed E-state index contributed by atoms with van der Waals surface area (Å²) in [5, 5.41) is 3.69. The van der Waals surface area contributed by atoms with Crippen LogP contribution < -0.4 is 5.32 Å². The van der Waals surface area contributed by atoms with Gasteiger partial charge in [-0.2, -0.15) is 4.31 Å². The summed E-state index contributed by atoms with van der Waals surface area (Å²) in [5.74, 6) is 0. The van der Waals surface area contributed by atoms with Crippen molar-refractivity contribution in [1.82, 2.24) is 9.62 Å². The fraction of sp³-hybridized carbons (Fsp3) is 0.455. The van der Waals surface area contributed by atoms with Crippen LogP contribution in [-0.2, 0) is 10.0 Å². The summed E-state index contributed by atoms with van der Waals surface area (Å²) in [6, 6.07) is 6.30. The van der Waals surface area contributed by atoms with E-state index in [1.807, 2.05) is 0 Å². The molecular weight excluding hydrogens is 295 g/mol. The second-order valence-corrected chi connectivity index (χ2v) is 6.56. The molecule has 2 rings (SSSR count). The average molecular weight is 311 g/mol. The molecule has 1 aromatic rings. The van der Waals surface area contributed by atoms with Gasteiger partial charge in [-0.05, 0) is 37.2 Å². The molecule has 0 amide bonds. The first-order valence-electron chi connectivity index (χ1n) is 5.46. The summed E-state index contributed by atoms with van der Waals surface area (Å²) >= 11 is 5.75. The van der Waals surface area contributed by atoms with Gasteiger partial charge in [-0.3, -0.25) is 0 Å². The third-order valence-electron chi connectivity index (χ3n) is 3.04. The zero-order chi connectivity index (χ0) is 12.5. The Bertz CT molecular complexity index is 484. The summed E-state index contributed by atoms with van der Waals surface area (Å²) in [6.07, 6.45) is 0.851. The third-order valence-corrected chi connectivity index (χ3v) is 5.22. The van der Waals surface area contributed by atoms with E-state index < -0.39 is 10.0 Å². The first-order chi connectivity index (χ1) is 8.01. The van der Waals surface area contributed by atoms with E-state index in [-0.39, 0.29) is 23.3 Å². The molecule has 7 heteroatoms. The van der Waals surface area contributed by atoms with Gasteiger partial charge in [0, 0.05) is 24.7 Å². The van der Waals surface area contributed by atoms with Crippen LogP contribution in [0.4, 0.5) is 0 Å².